The molecule has 6 heteroatoms. The molecule has 1 amide bonds. The molecule has 0 aromatic carbocycles. The number of esters is 1. The first-order valence-electron chi connectivity index (χ1n) is 6.39. The third-order valence-corrected chi connectivity index (χ3v) is 4.50. The van der Waals surface area contributed by atoms with Gasteiger partial charge in [-0.05, 0) is 39.0 Å². The summed E-state index contributed by atoms with van der Waals surface area (Å²) in [6.07, 6.45) is 2.07. The molecule has 1 atom stereocenters. The van der Waals surface area contributed by atoms with Crippen LogP contribution in [-0.2, 0) is 25.1 Å². The van der Waals surface area contributed by atoms with E-state index in [0.717, 1.165) is 12.8 Å². The van der Waals surface area contributed by atoms with Crippen LogP contribution in [-0.4, -0.2) is 40.2 Å². The van der Waals surface area contributed by atoms with Gasteiger partial charge in [0.15, 0.2) is 0 Å². The summed E-state index contributed by atoms with van der Waals surface area (Å²) in [5.74, 6) is -0.0758. The molecule has 1 saturated carbocycles. The first kappa shape index (κ1) is 16.1. The van der Waals surface area contributed by atoms with Gasteiger partial charge >= 0.3 is 5.97 Å². The molecule has 1 unspecified atom stereocenters. The lowest BCUT2D eigenvalue weighted by molar-refractivity contribution is -0.141. The summed E-state index contributed by atoms with van der Waals surface area (Å²) in [6.45, 7) is 5.65. The topological polar surface area (TPSA) is 72.5 Å². The van der Waals surface area contributed by atoms with Crippen molar-refractivity contribution in [3.63, 3.8) is 0 Å². The van der Waals surface area contributed by atoms with Crippen LogP contribution in [0.25, 0.3) is 0 Å². The van der Waals surface area contributed by atoms with Crippen LogP contribution >= 0.6 is 0 Å². The standard InChI is InChI=1S/C13H23NO4S/c1-12(2,3)14-10(15)8-19(17)9-13(5-6-13)7-11(16)18-4/h5-9H2,1-4H3,(H,14,15). The second-order valence-corrected chi connectivity index (χ2v) is 7.74. The van der Waals surface area contributed by atoms with Gasteiger partial charge in [-0.3, -0.25) is 13.8 Å². The van der Waals surface area contributed by atoms with E-state index in [1.54, 1.807) is 0 Å². The van der Waals surface area contributed by atoms with Crippen LogP contribution in [0.15, 0.2) is 0 Å². The Kier molecular flexibility index (Phi) is 5.12. The normalized spacial score (nSPS) is 18.5. The van der Waals surface area contributed by atoms with Crippen LogP contribution in [0.4, 0.5) is 0 Å². The largest absolute Gasteiger partial charge is 0.469 e. The minimum absolute atomic E-state index is 0.000191. The van der Waals surface area contributed by atoms with E-state index >= 15 is 0 Å². The van der Waals surface area contributed by atoms with Crippen LogP contribution in [0.3, 0.4) is 0 Å². The third kappa shape index (κ3) is 6.18. The fourth-order valence-electron chi connectivity index (χ4n) is 1.92. The van der Waals surface area contributed by atoms with Gasteiger partial charge in [-0.1, -0.05) is 0 Å². The number of carbonyl (C=O) groups excluding carboxylic acids is 2. The summed E-state index contributed by atoms with van der Waals surface area (Å²) >= 11 is 0. The first-order valence-corrected chi connectivity index (χ1v) is 7.87. The Balaban J connectivity index is 2.39. The van der Waals surface area contributed by atoms with E-state index < -0.39 is 10.8 Å². The summed E-state index contributed by atoms with van der Waals surface area (Å²) in [5, 5.41) is 2.78. The molecule has 0 aliphatic heterocycles. The van der Waals surface area contributed by atoms with Crippen molar-refractivity contribution in [1.29, 1.82) is 0 Å². The summed E-state index contributed by atoms with van der Waals surface area (Å²) < 4.78 is 16.6. The zero-order valence-electron chi connectivity index (χ0n) is 12.1. The average molecular weight is 289 g/mol. The maximum atomic E-state index is 12.0. The molecule has 0 radical (unpaired) electrons. The van der Waals surface area contributed by atoms with Crippen molar-refractivity contribution < 1.29 is 18.5 Å². The van der Waals surface area contributed by atoms with E-state index in [2.05, 4.69) is 10.1 Å². The molecule has 1 aliphatic rings. The lowest BCUT2D eigenvalue weighted by atomic mass is 10.1. The van der Waals surface area contributed by atoms with E-state index in [1.165, 1.54) is 7.11 Å². The van der Waals surface area contributed by atoms with Crippen molar-refractivity contribution in [2.45, 2.75) is 45.6 Å². The van der Waals surface area contributed by atoms with E-state index in [0.29, 0.717) is 12.2 Å². The summed E-state index contributed by atoms with van der Waals surface area (Å²) in [6, 6.07) is 0. The Bertz CT molecular complexity index is 383. The van der Waals surface area contributed by atoms with Gasteiger partial charge in [0.25, 0.3) is 0 Å². The number of ether oxygens (including phenoxy) is 1. The van der Waals surface area contributed by atoms with Crippen molar-refractivity contribution in [2.75, 3.05) is 18.6 Å². The minimum atomic E-state index is -1.23. The molecule has 0 aromatic rings. The molecule has 1 aliphatic carbocycles. The number of hydrogen-bond acceptors (Lipinski definition) is 4. The minimum Gasteiger partial charge on any atom is -0.469 e. The fraction of sp³-hybridized carbons (Fsp3) is 0.846. The Morgan fingerprint density at radius 2 is 1.89 bits per heavy atom. The molecule has 0 bridgehead atoms. The third-order valence-electron chi connectivity index (χ3n) is 2.98. The highest BCUT2D eigenvalue weighted by molar-refractivity contribution is 7.85. The van der Waals surface area contributed by atoms with Crippen molar-refractivity contribution in [3.05, 3.63) is 0 Å². The highest BCUT2D eigenvalue weighted by atomic mass is 32.2. The summed E-state index contributed by atoms with van der Waals surface area (Å²) in [4.78, 5) is 22.9. The molecule has 110 valence electrons. The molecule has 1 rings (SSSR count). The number of nitrogens with one attached hydrogen (secondary N) is 1. The average Bonchev–Trinajstić information content (AvgIpc) is 2.93. The van der Waals surface area contributed by atoms with Crippen molar-refractivity contribution >= 4 is 22.7 Å². The molecule has 0 aromatic heterocycles. The SMILES string of the molecule is COC(=O)CC1(CS(=O)CC(=O)NC(C)(C)C)CC1. The predicted octanol–water partition coefficient (Wildman–Crippen LogP) is 0.993. The molecular formula is C13H23NO4S. The summed E-state index contributed by atoms with van der Waals surface area (Å²) in [5.41, 5.74) is -0.509. The Hall–Kier alpha value is -0.910. The van der Waals surface area contributed by atoms with Gasteiger partial charge < -0.3 is 10.1 Å². The molecule has 1 fully saturated rings. The van der Waals surface area contributed by atoms with E-state index in [4.69, 9.17) is 0 Å². The predicted molar refractivity (Wildman–Crippen MR) is 74.1 cm³/mol. The van der Waals surface area contributed by atoms with E-state index in [-0.39, 0.29) is 28.6 Å². The van der Waals surface area contributed by atoms with Gasteiger partial charge in [0.2, 0.25) is 5.91 Å². The Morgan fingerprint density at radius 1 is 1.32 bits per heavy atom. The van der Waals surface area contributed by atoms with Crippen LogP contribution in [0, 0.1) is 5.41 Å². The lowest BCUT2D eigenvalue weighted by Crippen LogP contribution is -2.43. The molecule has 19 heavy (non-hydrogen) atoms. The summed E-state index contributed by atoms with van der Waals surface area (Å²) in [7, 11) is 0.123. The smallest absolute Gasteiger partial charge is 0.306 e. The number of rotatable bonds is 6. The van der Waals surface area contributed by atoms with Gasteiger partial charge in [-0.25, -0.2) is 0 Å². The number of amides is 1. The zero-order valence-corrected chi connectivity index (χ0v) is 12.9. The van der Waals surface area contributed by atoms with Gasteiger partial charge in [0.1, 0.15) is 5.75 Å². The monoisotopic (exact) mass is 289 g/mol. The zero-order chi connectivity index (χ0) is 14.7. The van der Waals surface area contributed by atoms with Crippen molar-refractivity contribution in [1.82, 2.24) is 5.32 Å². The lowest BCUT2D eigenvalue weighted by Gasteiger charge is -2.20. The fourth-order valence-corrected chi connectivity index (χ4v) is 3.46. The quantitative estimate of drug-likeness (QED) is 0.740. The highest BCUT2D eigenvalue weighted by Gasteiger charge is 2.46. The second-order valence-electron chi connectivity index (χ2n) is 6.28. The van der Waals surface area contributed by atoms with E-state index in [1.807, 2.05) is 20.8 Å². The maximum absolute atomic E-state index is 12.0. The van der Waals surface area contributed by atoms with Crippen LogP contribution < -0.4 is 5.32 Å². The molecule has 5 nitrogen and oxygen atoms in total. The Labute approximate surface area is 116 Å². The molecule has 0 spiro atoms. The van der Waals surface area contributed by atoms with Crippen molar-refractivity contribution in [3.8, 4) is 0 Å². The molecule has 0 saturated heterocycles. The molecule has 1 N–H and O–H groups in total. The second kappa shape index (κ2) is 6.03. The van der Waals surface area contributed by atoms with Crippen LogP contribution in [0.1, 0.15) is 40.0 Å². The molecular weight excluding hydrogens is 266 g/mol. The number of methoxy groups -OCH3 is 1. The number of carbonyl (C=O) groups is 2. The number of hydrogen-bond donors (Lipinski definition) is 1. The van der Waals surface area contributed by atoms with Gasteiger partial charge in [-0.15, -0.1) is 0 Å². The molecule has 0 heterocycles. The Morgan fingerprint density at radius 3 is 2.32 bits per heavy atom. The highest BCUT2D eigenvalue weighted by Crippen LogP contribution is 2.49. The van der Waals surface area contributed by atoms with E-state index in [9.17, 15) is 13.8 Å². The maximum Gasteiger partial charge on any atom is 0.306 e. The van der Waals surface area contributed by atoms with Crippen LogP contribution in [0.2, 0.25) is 0 Å². The van der Waals surface area contributed by atoms with Gasteiger partial charge in [0, 0.05) is 22.1 Å². The van der Waals surface area contributed by atoms with Gasteiger partial charge in [-0.2, -0.15) is 0 Å². The first-order chi connectivity index (χ1) is 8.66. The van der Waals surface area contributed by atoms with Gasteiger partial charge in [0.05, 0.1) is 13.5 Å². The van der Waals surface area contributed by atoms with Crippen molar-refractivity contribution in [2.24, 2.45) is 5.41 Å². The van der Waals surface area contributed by atoms with Crippen LogP contribution in [0.5, 0.6) is 0 Å².